The highest BCUT2D eigenvalue weighted by Gasteiger charge is 2.40. The molecule has 3 saturated heterocycles. The van der Waals surface area contributed by atoms with Crippen molar-refractivity contribution < 1.29 is 24.0 Å². The Morgan fingerprint density at radius 1 is 0.914 bits per heavy atom. The Kier molecular flexibility index (Phi) is 13.5. The van der Waals surface area contributed by atoms with Gasteiger partial charge >= 0.3 is 0 Å². The standard InChI is InChI=1S/C44H51N9O5/c54-39(17-13-33-9-7-21-45-30-33)46-22-4-3-8-32-19-24-52(25-20-32)43(57)36-14-16-38(49-48-36)51-28-26-50(27-29-51)23-5-1-2-10-34-11-6-12-35-31-53(44(58)41(34)35)37-15-18-40(55)47-42(37)56/h6-7,9,11-14,16-17,21,30,32,37H,1,3-5,8,15,18-20,22-29,31H2,(H,46,54)(H,47,55,56)/b17-13+. The molecule has 0 spiro atoms. The molecule has 14 nitrogen and oxygen atoms in total. The summed E-state index contributed by atoms with van der Waals surface area (Å²) in [5.74, 6) is 6.73. The van der Waals surface area contributed by atoms with E-state index in [9.17, 15) is 24.0 Å². The molecule has 302 valence electrons. The first-order chi connectivity index (χ1) is 28.3. The van der Waals surface area contributed by atoms with Crippen molar-refractivity contribution in [1.82, 2.24) is 40.5 Å². The second-order valence-electron chi connectivity index (χ2n) is 15.4. The molecule has 2 aromatic heterocycles. The Labute approximate surface area is 339 Å². The molecule has 7 rings (SSSR count). The van der Waals surface area contributed by atoms with E-state index in [1.165, 1.54) is 0 Å². The molecule has 3 aromatic rings. The molecule has 14 heteroatoms. The van der Waals surface area contributed by atoms with E-state index in [0.29, 0.717) is 48.7 Å². The van der Waals surface area contributed by atoms with Crippen molar-refractivity contribution in [3.05, 3.63) is 88.9 Å². The summed E-state index contributed by atoms with van der Waals surface area (Å²) in [5, 5.41) is 14.1. The molecule has 6 heterocycles. The highest BCUT2D eigenvalue weighted by Crippen LogP contribution is 2.30. The van der Waals surface area contributed by atoms with Crippen LogP contribution in [0.2, 0.25) is 0 Å². The summed E-state index contributed by atoms with van der Waals surface area (Å²) in [6.45, 7) is 6.76. The summed E-state index contributed by atoms with van der Waals surface area (Å²) < 4.78 is 0. The van der Waals surface area contributed by atoms with Crippen molar-refractivity contribution in [2.24, 2.45) is 5.92 Å². The van der Waals surface area contributed by atoms with Crippen LogP contribution >= 0.6 is 0 Å². The number of pyridine rings is 1. The van der Waals surface area contributed by atoms with Gasteiger partial charge in [0.2, 0.25) is 17.7 Å². The average Bonchev–Trinajstić information content (AvgIpc) is 3.59. The normalized spacial score (nSPS) is 18.9. The van der Waals surface area contributed by atoms with Gasteiger partial charge in [0.15, 0.2) is 11.5 Å². The van der Waals surface area contributed by atoms with Gasteiger partial charge in [0.1, 0.15) is 6.04 Å². The van der Waals surface area contributed by atoms with Crippen molar-refractivity contribution in [1.29, 1.82) is 0 Å². The maximum atomic E-state index is 13.3. The molecule has 5 amide bonds. The van der Waals surface area contributed by atoms with Crippen LogP contribution in [0.5, 0.6) is 0 Å². The van der Waals surface area contributed by atoms with Gasteiger partial charge in [-0.05, 0) is 86.0 Å². The van der Waals surface area contributed by atoms with Crippen molar-refractivity contribution in [2.45, 2.75) is 70.4 Å². The van der Waals surface area contributed by atoms with E-state index in [2.05, 4.69) is 47.5 Å². The number of benzene rings is 1. The molecule has 1 unspecified atom stereocenters. The first-order valence-corrected chi connectivity index (χ1v) is 20.5. The Morgan fingerprint density at radius 2 is 1.76 bits per heavy atom. The predicted octanol–water partition coefficient (Wildman–Crippen LogP) is 3.44. The number of rotatable bonds is 13. The molecule has 0 bridgehead atoms. The minimum Gasteiger partial charge on any atom is -0.353 e. The number of piperazine rings is 1. The summed E-state index contributed by atoms with van der Waals surface area (Å²) in [5.41, 5.74) is 3.37. The van der Waals surface area contributed by atoms with Crippen LogP contribution in [0, 0.1) is 17.8 Å². The Bertz CT molecular complexity index is 2050. The van der Waals surface area contributed by atoms with Gasteiger partial charge in [-0.3, -0.25) is 39.2 Å². The number of unbranched alkanes of at least 4 members (excludes halogenated alkanes) is 2. The topological polar surface area (TPSA) is 161 Å². The molecule has 2 N–H and O–H groups in total. The quantitative estimate of drug-likeness (QED) is 0.114. The zero-order chi connectivity index (χ0) is 40.3. The van der Waals surface area contributed by atoms with Crippen molar-refractivity contribution in [3.63, 3.8) is 0 Å². The number of hydrogen-bond donors (Lipinski definition) is 2. The summed E-state index contributed by atoms with van der Waals surface area (Å²) >= 11 is 0. The fourth-order valence-corrected chi connectivity index (χ4v) is 8.14. The monoisotopic (exact) mass is 785 g/mol. The van der Waals surface area contributed by atoms with Gasteiger partial charge in [-0.2, -0.15) is 0 Å². The fourth-order valence-electron chi connectivity index (χ4n) is 8.14. The summed E-state index contributed by atoms with van der Waals surface area (Å²) in [7, 11) is 0. The molecule has 0 saturated carbocycles. The van der Waals surface area contributed by atoms with E-state index < -0.39 is 11.9 Å². The van der Waals surface area contributed by atoms with Crippen LogP contribution in [-0.2, 0) is 20.9 Å². The van der Waals surface area contributed by atoms with Gasteiger partial charge in [0, 0.05) is 89.2 Å². The zero-order valence-corrected chi connectivity index (χ0v) is 32.9. The molecule has 58 heavy (non-hydrogen) atoms. The minimum absolute atomic E-state index is 0.0649. The molecule has 4 aliphatic heterocycles. The van der Waals surface area contributed by atoms with E-state index in [1.54, 1.807) is 35.5 Å². The highest BCUT2D eigenvalue weighted by atomic mass is 16.2. The third-order valence-corrected chi connectivity index (χ3v) is 11.5. The SMILES string of the molecule is O=C(/C=C/c1cccnc1)NCCCCC1CCN(C(=O)c2ccc(N3CCN(CCCC#Cc4cccc5c4C(=O)N(C4CCC(=O)NC4=O)C5)CC3)nn2)CC1. The lowest BCUT2D eigenvalue weighted by molar-refractivity contribution is -0.137. The van der Waals surface area contributed by atoms with Crippen LogP contribution in [0.3, 0.4) is 0 Å². The van der Waals surface area contributed by atoms with Gasteiger partial charge in [-0.1, -0.05) is 42.9 Å². The number of fused-ring (bicyclic) bond motifs is 1. The van der Waals surface area contributed by atoms with Gasteiger partial charge in [-0.25, -0.2) is 0 Å². The molecule has 1 aromatic carbocycles. The summed E-state index contributed by atoms with van der Waals surface area (Å²) in [6, 6.07) is 12.4. The molecule has 0 aliphatic carbocycles. The van der Waals surface area contributed by atoms with Gasteiger partial charge in [0.05, 0.1) is 5.56 Å². The van der Waals surface area contributed by atoms with E-state index in [4.69, 9.17) is 0 Å². The predicted molar refractivity (Wildman–Crippen MR) is 218 cm³/mol. The third-order valence-electron chi connectivity index (χ3n) is 11.5. The number of nitrogens with one attached hydrogen (secondary N) is 2. The smallest absolute Gasteiger partial charge is 0.274 e. The van der Waals surface area contributed by atoms with Crippen molar-refractivity contribution in [2.75, 3.05) is 57.3 Å². The Hall–Kier alpha value is -5.94. The number of hydrogen-bond acceptors (Lipinski definition) is 10. The van der Waals surface area contributed by atoms with Crippen LogP contribution in [0.4, 0.5) is 5.82 Å². The number of aromatic nitrogens is 3. The van der Waals surface area contributed by atoms with Crippen LogP contribution in [0.15, 0.2) is 60.9 Å². The maximum absolute atomic E-state index is 13.3. The zero-order valence-electron chi connectivity index (χ0n) is 32.9. The molecule has 3 fully saturated rings. The van der Waals surface area contributed by atoms with E-state index in [0.717, 1.165) is 101 Å². The number of anilines is 1. The summed E-state index contributed by atoms with van der Waals surface area (Å²) in [6.07, 6.45) is 13.9. The summed E-state index contributed by atoms with van der Waals surface area (Å²) in [4.78, 5) is 74.8. The Balaban J connectivity index is 0.769. The lowest BCUT2D eigenvalue weighted by atomic mass is 9.91. The number of carbonyl (C=O) groups is 5. The first kappa shape index (κ1) is 40.3. The number of amides is 5. The number of piperidine rings is 2. The molecular weight excluding hydrogens is 735 g/mol. The number of carbonyl (C=O) groups excluding carboxylic acids is 5. The Morgan fingerprint density at radius 3 is 2.52 bits per heavy atom. The number of imide groups is 1. The fraction of sp³-hybridized carbons (Fsp3) is 0.455. The van der Waals surface area contributed by atoms with Crippen LogP contribution in [-0.4, -0.2) is 118 Å². The highest BCUT2D eigenvalue weighted by molar-refractivity contribution is 6.06. The maximum Gasteiger partial charge on any atom is 0.274 e. The number of likely N-dealkylation sites (tertiary alicyclic amines) is 1. The molecule has 1 atom stereocenters. The van der Waals surface area contributed by atoms with Crippen LogP contribution < -0.4 is 15.5 Å². The second kappa shape index (κ2) is 19.5. The minimum atomic E-state index is -0.640. The lowest BCUT2D eigenvalue weighted by Gasteiger charge is -2.35. The first-order valence-electron chi connectivity index (χ1n) is 20.5. The largest absolute Gasteiger partial charge is 0.353 e. The van der Waals surface area contributed by atoms with Gasteiger partial charge in [-0.15, -0.1) is 10.2 Å². The number of nitrogens with zero attached hydrogens (tertiary/aromatic N) is 7. The van der Waals surface area contributed by atoms with E-state index >= 15 is 0 Å². The molecule has 4 aliphatic rings. The third kappa shape index (κ3) is 10.3. The van der Waals surface area contributed by atoms with E-state index in [1.807, 2.05) is 41.3 Å². The van der Waals surface area contributed by atoms with Crippen molar-refractivity contribution >= 4 is 41.4 Å². The van der Waals surface area contributed by atoms with Crippen molar-refractivity contribution in [3.8, 4) is 11.8 Å². The van der Waals surface area contributed by atoms with Crippen LogP contribution in [0.1, 0.15) is 95.3 Å². The second-order valence-corrected chi connectivity index (χ2v) is 15.4. The van der Waals surface area contributed by atoms with Gasteiger partial charge in [0.25, 0.3) is 11.8 Å². The molecular formula is C44H51N9O5. The molecule has 0 radical (unpaired) electrons. The van der Waals surface area contributed by atoms with Crippen LogP contribution in [0.25, 0.3) is 6.08 Å². The average molecular weight is 786 g/mol. The van der Waals surface area contributed by atoms with Gasteiger partial charge < -0.3 is 20.0 Å². The van der Waals surface area contributed by atoms with E-state index in [-0.39, 0.29) is 30.0 Å². The lowest BCUT2D eigenvalue weighted by Crippen LogP contribution is -2.52.